The van der Waals surface area contributed by atoms with Gasteiger partial charge in [0, 0.05) is 36.3 Å². The first-order valence-electron chi connectivity index (χ1n) is 8.20. The lowest BCUT2D eigenvalue weighted by Gasteiger charge is -2.14. The Kier molecular flexibility index (Phi) is 5.07. The van der Waals surface area contributed by atoms with Crippen molar-refractivity contribution in [2.75, 3.05) is 13.1 Å². The lowest BCUT2D eigenvalue weighted by molar-refractivity contribution is 0.0938. The fourth-order valence-corrected chi connectivity index (χ4v) is 3.81. The van der Waals surface area contributed by atoms with Crippen molar-refractivity contribution in [2.45, 2.75) is 45.7 Å². The van der Waals surface area contributed by atoms with E-state index >= 15 is 0 Å². The normalized spacial score (nSPS) is 15.7. The van der Waals surface area contributed by atoms with E-state index in [-0.39, 0.29) is 11.9 Å². The van der Waals surface area contributed by atoms with E-state index in [1.165, 1.54) is 4.88 Å². The molecule has 7 heteroatoms. The molecular weight excluding hydrogens is 310 g/mol. The maximum atomic E-state index is 12.4. The van der Waals surface area contributed by atoms with Crippen LogP contribution in [-0.4, -0.2) is 33.8 Å². The van der Waals surface area contributed by atoms with Crippen molar-refractivity contribution in [1.82, 2.24) is 25.4 Å². The predicted molar refractivity (Wildman–Crippen MR) is 90.8 cm³/mol. The van der Waals surface area contributed by atoms with Crippen LogP contribution in [0.25, 0.3) is 0 Å². The molecule has 23 heavy (non-hydrogen) atoms. The molecule has 124 valence electrons. The Balaban J connectivity index is 1.70. The fourth-order valence-electron chi connectivity index (χ4n) is 2.84. The summed E-state index contributed by atoms with van der Waals surface area (Å²) in [6, 6.07) is 1.83. The zero-order valence-electron chi connectivity index (χ0n) is 13.6. The second-order valence-corrected chi connectivity index (χ2v) is 6.87. The molecule has 0 aromatic carbocycles. The average molecular weight is 333 g/mol. The molecule has 1 amide bonds. The van der Waals surface area contributed by atoms with Gasteiger partial charge in [-0.3, -0.25) is 4.79 Å². The molecule has 0 bridgehead atoms. The molecule has 6 nitrogen and oxygen atoms in total. The van der Waals surface area contributed by atoms with E-state index < -0.39 is 0 Å². The molecular formula is C16H23N5OS. The van der Waals surface area contributed by atoms with Gasteiger partial charge in [0.25, 0.3) is 5.91 Å². The summed E-state index contributed by atoms with van der Waals surface area (Å²) in [5, 5.41) is 16.9. The van der Waals surface area contributed by atoms with Crippen molar-refractivity contribution in [3.63, 3.8) is 0 Å². The van der Waals surface area contributed by atoms with Gasteiger partial charge in [0.1, 0.15) is 5.82 Å². The van der Waals surface area contributed by atoms with Crippen LogP contribution in [0, 0.1) is 0 Å². The third kappa shape index (κ3) is 3.61. The van der Waals surface area contributed by atoms with Gasteiger partial charge in [0.05, 0.1) is 11.6 Å². The molecule has 0 unspecified atom stereocenters. The van der Waals surface area contributed by atoms with Crippen LogP contribution in [0.4, 0.5) is 0 Å². The molecule has 2 N–H and O–H groups in total. The highest BCUT2D eigenvalue weighted by molar-refractivity contribution is 7.10. The Morgan fingerprint density at radius 1 is 1.48 bits per heavy atom. The van der Waals surface area contributed by atoms with Gasteiger partial charge in [0.15, 0.2) is 5.82 Å². The highest BCUT2D eigenvalue weighted by Gasteiger charge is 2.21. The fraction of sp³-hybridized carbons (Fsp3) is 0.562. The lowest BCUT2D eigenvalue weighted by Crippen LogP contribution is -2.29. The summed E-state index contributed by atoms with van der Waals surface area (Å²) in [5.74, 6) is 1.79. The van der Waals surface area contributed by atoms with Crippen molar-refractivity contribution in [2.24, 2.45) is 0 Å². The first-order chi connectivity index (χ1) is 11.2. The molecule has 2 aromatic heterocycles. The van der Waals surface area contributed by atoms with Crippen molar-refractivity contribution in [1.29, 1.82) is 0 Å². The molecule has 0 spiro atoms. The average Bonchev–Trinajstić information content (AvgIpc) is 3.09. The van der Waals surface area contributed by atoms with Gasteiger partial charge in [-0.15, -0.1) is 21.5 Å². The minimum Gasteiger partial charge on any atom is -0.342 e. The standard InChI is InChI=1S/C16H23N5OS/c1-3-4-13-9-12(10-23-13)16(22)18-11(2)15-20-19-14-5-6-17-7-8-21(14)15/h9-11,17H,3-8H2,1-2H3,(H,18,22)/t11-/m1/s1. The van der Waals surface area contributed by atoms with Gasteiger partial charge >= 0.3 is 0 Å². The molecule has 0 radical (unpaired) electrons. The lowest BCUT2D eigenvalue weighted by atomic mass is 10.2. The first-order valence-corrected chi connectivity index (χ1v) is 9.08. The van der Waals surface area contributed by atoms with Crippen LogP contribution in [0.3, 0.4) is 0 Å². The first kappa shape index (κ1) is 16.1. The Hall–Kier alpha value is -1.73. The molecule has 2 aromatic rings. The molecule has 1 aliphatic heterocycles. The van der Waals surface area contributed by atoms with Crippen LogP contribution >= 0.6 is 11.3 Å². The number of carbonyl (C=O) groups is 1. The number of nitrogens with one attached hydrogen (secondary N) is 2. The van der Waals surface area contributed by atoms with Gasteiger partial charge < -0.3 is 15.2 Å². The second-order valence-electron chi connectivity index (χ2n) is 5.87. The van der Waals surface area contributed by atoms with Gasteiger partial charge in [-0.25, -0.2) is 0 Å². The molecule has 0 aliphatic carbocycles. The molecule has 3 heterocycles. The van der Waals surface area contributed by atoms with Crippen LogP contribution in [0.5, 0.6) is 0 Å². The summed E-state index contributed by atoms with van der Waals surface area (Å²) in [6.45, 7) is 6.79. The van der Waals surface area contributed by atoms with E-state index in [0.29, 0.717) is 0 Å². The SMILES string of the molecule is CCCc1cc(C(=O)N[C@H](C)c2nnc3n2CCNCC3)cs1. The number of fused-ring (bicyclic) bond motifs is 1. The molecule has 0 fully saturated rings. The van der Waals surface area contributed by atoms with E-state index in [0.717, 1.165) is 56.1 Å². The number of aryl methyl sites for hydroxylation is 1. The summed E-state index contributed by atoms with van der Waals surface area (Å²) in [7, 11) is 0. The van der Waals surface area contributed by atoms with Crippen molar-refractivity contribution in [3.8, 4) is 0 Å². The van der Waals surface area contributed by atoms with E-state index in [4.69, 9.17) is 0 Å². The number of carbonyl (C=O) groups excluding carboxylic acids is 1. The Morgan fingerprint density at radius 2 is 2.35 bits per heavy atom. The third-order valence-electron chi connectivity index (χ3n) is 4.04. The molecule has 1 atom stereocenters. The van der Waals surface area contributed by atoms with Gasteiger partial charge in [0.2, 0.25) is 0 Å². The Labute approximate surface area is 140 Å². The highest BCUT2D eigenvalue weighted by Crippen LogP contribution is 2.18. The van der Waals surface area contributed by atoms with Crippen molar-refractivity contribution >= 4 is 17.2 Å². The molecule has 0 saturated carbocycles. The third-order valence-corrected chi connectivity index (χ3v) is 5.04. The number of thiophene rings is 1. The second kappa shape index (κ2) is 7.23. The van der Waals surface area contributed by atoms with Crippen LogP contribution in [0.2, 0.25) is 0 Å². The predicted octanol–water partition coefficient (Wildman–Crippen LogP) is 1.93. The Bertz CT molecular complexity index is 678. The van der Waals surface area contributed by atoms with Crippen LogP contribution in [0.15, 0.2) is 11.4 Å². The number of rotatable bonds is 5. The summed E-state index contributed by atoms with van der Waals surface area (Å²) in [6.07, 6.45) is 2.99. The number of aromatic nitrogens is 3. The quantitative estimate of drug-likeness (QED) is 0.877. The number of hydrogen-bond donors (Lipinski definition) is 2. The van der Waals surface area contributed by atoms with Crippen molar-refractivity contribution in [3.05, 3.63) is 33.5 Å². The number of hydrogen-bond acceptors (Lipinski definition) is 5. The van der Waals surface area contributed by atoms with E-state index in [9.17, 15) is 4.79 Å². The number of nitrogens with zero attached hydrogens (tertiary/aromatic N) is 3. The largest absolute Gasteiger partial charge is 0.342 e. The highest BCUT2D eigenvalue weighted by atomic mass is 32.1. The maximum absolute atomic E-state index is 12.4. The molecule has 1 aliphatic rings. The zero-order chi connectivity index (χ0) is 16.2. The van der Waals surface area contributed by atoms with Crippen LogP contribution < -0.4 is 10.6 Å². The van der Waals surface area contributed by atoms with Gasteiger partial charge in [-0.2, -0.15) is 0 Å². The summed E-state index contributed by atoms with van der Waals surface area (Å²) >= 11 is 1.65. The molecule has 3 rings (SSSR count). The minimum atomic E-state index is -0.156. The topological polar surface area (TPSA) is 71.8 Å². The minimum absolute atomic E-state index is 0.0415. The Morgan fingerprint density at radius 3 is 3.17 bits per heavy atom. The van der Waals surface area contributed by atoms with Crippen molar-refractivity contribution < 1.29 is 4.79 Å². The summed E-state index contributed by atoms with van der Waals surface area (Å²) in [5.41, 5.74) is 0.738. The van der Waals surface area contributed by atoms with E-state index in [1.54, 1.807) is 11.3 Å². The van der Waals surface area contributed by atoms with Gasteiger partial charge in [-0.1, -0.05) is 13.3 Å². The van der Waals surface area contributed by atoms with E-state index in [2.05, 4.69) is 32.3 Å². The smallest absolute Gasteiger partial charge is 0.252 e. The van der Waals surface area contributed by atoms with Crippen LogP contribution in [-0.2, 0) is 19.4 Å². The van der Waals surface area contributed by atoms with Crippen LogP contribution in [0.1, 0.15) is 53.2 Å². The number of amides is 1. The summed E-state index contributed by atoms with van der Waals surface area (Å²) in [4.78, 5) is 13.7. The van der Waals surface area contributed by atoms with E-state index in [1.807, 2.05) is 18.4 Å². The van der Waals surface area contributed by atoms with Gasteiger partial charge in [-0.05, 0) is 19.4 Å². The molecule has 0 saturated heterocycles. The zero-order valence-corrected chi connectivity index (χ0v) is 14.4. The summed E-state index contributed by atoms with van der Waals surface area (Å²) < 4.78 is 2.13. The monoisotopic (exact) mass is 333 g/mol. The maximum Gasteiger partial charge on any atom is 0.252 e.